The average molecular weight is 337 g/mol. The number of rotatable bonds is 4. The van der Waals surface area contributed by atoms with E-state index in [1.54, 1.807) is 0 Å². The smallest absolute Gasteiger partial charge is 0.267 e. The fourth-order valence-electron chi connectivity index (χ4n) is 2.38. The quantitative estimate of drug-likeness (QED) is 0.587. The molecule has 2 aromatic heterocycles. The third-order valence-electron chi connectivity index (χ3n) is 3.57. The Morgan fingerprint density at radius 1 is 1.35 bits per heavy atom. The Morgan fingerprint density at radius 3 is 2.70 bits per heavy atom. The molecule has 1 aliphatic heterocycles. The van der Waals surface area contributed by atoms with Crippen molar-refractivity contribution in [3.05, 3.63) is 35.1 Å². The van der Waals surface area contributed by atoms with E-state index in [-0.39, 0.29) is 11.5 Å². The molecule has 2 aromatic rings. The van der Waals surface area contributed by atoms with Gasteiger partial charge in [-0.1, -0.05) is 6.07 Å². The minimum absolute atomic E-state index is 0.0175. The first-order valence-corrected chi connectivity index (χ1v) is 7.74. The van der Waals surface area contributed by atoms with Crippen LogP contribution in [-0.2, 0) is 4.74 Å². The van der Waals surface area contributed by atoms with E-state index in [9.17, 15) is 15.0 Å². The molecule has 122 valence electrons. The van der Waals surface area contributed by atoms with E-state index in [2.05, 4.69) is 9.97 Å². The van der Waals surface area contributed by atoms with E-state index in [4.69, 9.17) is 15.6 Å². The van der Waals surface area contributed by atoms with Gasteiger partial charge in [-0.15, -0.1) is 11.3 Å². The number of aromatic nitrogens is 2. The fourth-order valence-corrected chi connectivity index (χ4v) is 3.07. The number of nitrogens with zero attached hydrogens (tertiary/aromatic N) is 2. The molecule has 1 fully saturated rings. The number of ether oxygens (including phenoxy) is 1. The van der Waals surface area contributed by atoms with Gasteiger partial charge >= 0.3 is 0 Å². The van der Waals surface area contributed by atoms with Crippen molar-refractivity contribution in [2.45, 2.75) is 24.4 Å². The largest absolute Gasteiger partial charge is 0.394 e. The van der Waals surface area contributed by atoms with Crippen LogP contribution >= 0.6 is 11.3 Å². The molecule has 0 unspecified atom stereocenters. The molecule has 0 aromatic carbocycles. The third-order valence-corrected chi connectivity index (χ3v) is 4.46. The maximum Gasteiger partial charge on any atom is 0.267 e. The Balaban J connectivity index is 2.03. The summed E-state index contributed by atoms with van der Waals surface area (Å²) in [7, 11) is 0. The molecule has 1 amide bonds. The second-order valence-corrected chi connectivity index (χ2v) is 6.04. The lowest BCUT2D eigenvalue weighted by Gasteiger charge is -2.14. The number of aliphatic hydroxyl groups is 3. The van der Waals surface area contributed by atoms with Gasteiger partial charge in [0, 0.05) is 0 Å². The lowest BCUT2D eigenvalue weighted by atomic mass is 10.1. The van der Waals surface area contributed by atoms with Gasteiger partial charge in [-0.25, -0.2) is 9.97 Å². The molecule has 0 radical (unpaired) electrons. The first kappa shape index (κ1) is 16.0. The van der Waals surface area contributed by atoms with Crippen LogP contribution in [0.25, 0.3) is 10.6 Å². The molecule has 3 rings (SSSR count). The van der Waals surface area contributed by atoms with Gasteiger partial charge in [-0.3, -0.25) is 4.79 Å². The maximum atomic E-state index is 11.5. The summed E-state index contributed by atoms with van der Waals surface area (Å²) in [6, 6.07) is 5.11. The zero-order valence-corrected chi connectivity index (χ0v) is 12.7. The molecule has 0 spiro atoms. The number of aliphatic hydroxyl groups excluding tert-OH is 3. The molecule has 1 saturated heterocycles. The normalized spacial score (nSPS) is 27.3. The number of hydrogen-bond acceptors (Lipinski definition) is 8. The third kappa shape index (κ3) is 2.96. The highest BCUT2D eigenvalue weighted by Gasteiger charge is 2.44. The standard InChI is InChI=1S/C14H15N3O5S/c15-13(21)7-4-6(9-2-1-3-23-9)16-14(17-7)12-11(20)10(19)8(5-18)22-12/h1-4,8,10-12,18-20H,5H2,(H2,15,21)/t8-,10-,11-,12-/m1/s1. The average Bonchev–Trinajstić information content (AvgIpc) is 3.17. The van der Waals surface area contributed by atoms with Gasteiger partial charge in [-0.05, 0) is 17.5 Å². The maximum absolute atomic E-state index is 11.5. The van der Waals surface area contributed by atoms with Crippen LogP contribution in [-0.4, -0.2) is 56.1 Å². The molecule has 0 saturated carbocycles. The van der Waals surface area contributed by atoms with Crippen LogP contribution in [0.4, 0.5) is 0 Å². The predicted octanol–water partition coefficient (Wildman–Crippen LogP) is -0.542. The Kier molecular flexibility index (Phi) is 4.37. The summed E-state index contributed by atoms with van der Waals surface area (Å²) >= 11 is 1.42. The lowest BCUT2D eigenvalue weighted by Crippen LogP contribution is -2.32. The van der Waals surface area contributed by atoms with Crippen LogP contribution < -0.4 is 5.73 Å². The molecule has 0 aliphatic carbocycles. The van der Waals surface area contributed by atoms with Gasteiger partial charge in [-0.2, -0.15) is 0 Å². The van der Waals surface area contributed by atoms with Crippen molar-refractivity contribution in [2.24, 2.45) is 5.73 Å². The number of primary amides is 1. The van der Waals surface area contributed by atoms with E-state index in [1.165, 1.54) is 17.4 Å². The number of hydrogen-bond donors (Lipinski definition) is 4. The van der Waals surface area contributed by atoms with Gasteiger partial charge in [0.15, 0.2) is 5.82 Å². The van der Waals surface area contributed by atoms with Crippen molar-refractivity contribution in [1.82, 2.24) is 9.97 Å². The van der Waals surface area contributed by atoms with Crippen molar-refractivity contribution < 1.29 is 24.9 Å². The Morgan fingerprint density at radius 2 is 2.13 bits per heavy atom. The van der Waals surface area contributed by atoms with Gasteiger partial charge < -0.3 is 25.8 Å². The van der Waals surface area contributed by atoms with Gasteiger partial charge in [0.2, 0.25) is 0 Å². The molecule has 23 heavy (non-hydrogen) atoms. The monoisotopic (exact) mass is 337 g/mol. The summed E-state index contributed by atoms with van der Waals surface area (Å²) in [5.41, 5.74) is 5.75. The van der Waals surface area contributed by atoms with Crippen molar-refractivity contribution in [2.75, 3.05) is 6.61 Å². The first-order valence-electron chi connectivity index (χ1n) is 6.86. The van der Waals surface area contributed by atoms with Crippen LogP contribution in [0.5, 0.6) is 0 Å². The van der Waals surface area contributed by atoms with Gasteiger partial charge in [0.05, 0.1) is 17.2 Å². The fraction of sp³-hybridized carbons (Fsp3) is 0.357. The van der Waals surface area contributed by atoms with Crippen molar-refractivity contribution in [1.29, 1.82) is 0 Å². The summed E-state index contributed by atoms with van der Waals surface area (Å²) in [6.45, 7) is -0.456. The summed E-state index contributed by atoms with van der Waals surface area (Å²) in [4.78, 5) is 20.6. The van der Waals surface area contributed by atoms with E-state index >= 15 is 0 Å². The van der Waals surface area contributed by atoms with E-state index < -0.39 is 36.9 Å². The number of carbonyl (C=O) groups excluding carboxylic acids is 1. The van der Waals surface area contributed by atoms with Crippen LogP contribution in [0.3, 0.4) is 0 Å². The number of nitrogens with two attached hydrogens (primary N) is 1. The molecule has 8 nitrogen and oxygen atoms in total. The molecule has 5 N–H and O–H groups in total. The summed E-state index contributed by atoms with van der Waals surface area (Å²) in [6.07, 6.45) is -4.58. The van der Waals surface area contributed by atoms with Crippen molar-refractivity contribution in [3.8, 4) is 10.6 Å². The molecule has 4 atom stereocenters. The predicted molar refractivity (Wildman–Crippen MR) is 80.6 cm³/mol. The SMILES string of the molecule is NC(=O)c1cc(-c2cccs2)nc([C@@H]2O[C@H](CO)[C@@H](O)[C@H]2O)n1. The molecular formula is C14H15N3O5S. The Hall–Kier alpha value is -1.91. The minimum Gasteiger partial charge on any atom is -0.394 e. The molecular weight excluding hydrogens is 322 g/mol. The van der Waals surface area contributed by atoms with Crippen molar-refractivity contribution in [3.63, 3.8) is 0 Å². The van der Waals surface area contributed by atoms with Crippen LogP contribution in [0.2, 0.25) is 0 Å². The van der Waals surface area contributed by atoms with E-state index in [1.807, 2.05) is 17.5 Å². The molecule has 3 heterocycles. The number of carbonyl (C=O) groups is 1. The molecule has 1 aliphatic rings. The first-order chi connectivity index (χ1) is 11.0. The second kappa shape index (κ2) is 6.30. The highest BCUT2D eigenvalue weighted by molar-refractivity contribution is 7.13. The highest BCUT2D eigenvalue weighted by atomic mass is 32.1. The second-order valence-electron chi connectivity index (χ2n) is 5.10. The molecule has 0 bridgehead atoms. The van der Waals surface area contributed by atoms with Crippen LogP contribution in [0.1, 0.15) is 22.4 Å². The zero-order chi connectivity index (χ0) is 16.6. The summed E-state index contributed by atoms with van der Waals surface area (Å²) < 4.78 is 5.40. The topological polar surface area (TPSA) is 139 Å². The number of amides is 1. The van der Waals surface area contributed by atoms with Crippen LogP contribution in [0.15, 0.2) is 23.6 Å². The van der Waals surface area contributed by atoms with E-state index in [0.29, 0.717) is 5.69 Å². The Bertz CT molecular complexity index is 708. The zero-order valence-electron chi connectivity index (χ0n) is 11.9. The van der Waals surface area contributed by atoms with E-state index in [0.717, 1.165) is 4.88 Å². The number of thiophene rings is 1. The van der Waals surface area contributed by atoms with Gasteiger partial charge in [0.25, 0.3) is 5.91 Å². The lowest BCUT2D eigenvalue weighted by molar-refractivity contribution is -0.0253. The summed E-state index contributed by atoms with van der Waals surface area (Å²) in [5, 5.41) is 30.9. The van der Waals surface area contributed by atoms with Gasteiger partial charge in [0.1, 0.15) is 30.1 Å². The summed E-state index contributed by atoms with van der Waals surface area (Å²) in [5.74, 6) is -0.703. The molecule has 9 heteroatoms. The Labute approximate surface area is 135 Å². The van der Waals surface area contributed by atoms with Crippen LogP contribution in [0, 0.1) is 0 Å². The highest BCUT2D eigenvalue weighted by Crippen LogP contribution is 2.33. The minimum atomic E-state index is -1.31. The van der Waals surface area contributed by atoms with Crippen molar-refractivity contribution >= 4 is 17.2 Å².